The van der Waals surface area contributed by atoms with Crippen LogP contribution in [0.25, 0.3) is 6.08 Å². The zero-order valence-electron chi connectivity index (χ0n) is 11.8. The number of nitrogens with one attached hydrogen (secondary N) is 1. The number of rotatable bonds is 6. The van der Waals surface area contributed by atoms with Crippen LogP contribution in [0.3, 0.4) is 0 Å². The third-order valence-electron chi connectivity index (χ3n) is 3.22. The number of hydroxylamine groups is 1. The number of aryl methyl sites for hydroxylation is 1. The lowest BCUT2D eigenvalue weighted by Crippen LogP contribution is -2.20. The van der Waals surface area contributed by atoms with Crippen LogP contribution in [0.5, 0.6) is 0 Å². The van der Waals surface area contributed by atoms with Crippen molar-refractivity contribution in [3.05, 3.63) is 77.4 Å². The minimum atomic E-state index is -0.402. The molecule has 0 bridgehead atoms. The van der Waals surface area contributed by atoms with Crippen molar-refractivity contribution in [3.63, 3.8) is 0 Å². The van der Waals surface area contributed by atoms with E-state index in [1.165, 1.54) is 5.56 Å². The van der Waals surface area contributed by atoms with Crippen LogP contribution < -0.4 is 5.48 Å². The van der Waals surface area contributed by atoms with Gasteiger partial charge in [-0.3, -0.25) is 10.0 Å². The van der Waals surface area contributed by atoms with Gasteiger partial charge in [0, 0.05) is 0 Å². The van der Waals surface area contributed by atoms with Crippen molar-refractivity contribution in [2.75, 3.05) is 0 Å². The summed E-state index contributed by atoms with van der Waals surface area (Å²) in [6.07, 6.45) is 6.46. The fourth-order valence-corrected chi connectivity index (χ4v) is 2.09. The first-order chi connectivity index (χ1) is 10.3. The van der Waals surface area contributed by atoms with Gasteiger partial charge in [0.15, 0.2) is 0 Å². The molecule has 0 atom stereocenters. The molecule has 2 N–H and O–H groups in total. The number of hydrogen-bond acceptors (Lipinski definition) is 2. The highest BCUT2D eigenvalue weighted by Gasteiger charge is 2.00. The van der Waals surface area contributed by atoms with Crippen molar-refractivity contribution in [2.45, 2.75) is 19.3 Å². The van der Waals surface area contributed by atoms with Crippen molar-refractivity contribution in [3.8, 4) is 0 Å². The van der Waals surface area contributed by atoms with E-state index in [9.17, 15) is 4.79 Å². The smallest absolute Gasteiger partial charge is 0.247 e. The van der Waals surface area contributed by atoms with Crippen LogP contribution in [0.4, 0.5) is 0 Å². The monoisotopic (exact) mass is 281 g/mol. The molecule has 0 fully saturated rings. The van der Waals surface area contributed by atoms with E-state index in [0.717, 1.165) is 24.0 Å². The molecular formula is C18H19NO2. The summed E-state index contributed by atoms with van der Waals surface area (Å²) in [7, 11) is 0. The molecule has 2 aromatic rings. The van der Waals surface area contributed by atoms with Crippen LogP contribution in [0.15, 0.2) is 60.7 Å². The van der Waals surface area contributed by atoms with Gasteiger partial charge in [-0.05, 0) is 29.5 Å². The maximum Gasteiger partial charge on any atom is 0.247 e. The molecule has 0 heterocycles. The van der Waals surface area contributed by atoms with Gasteiger partial charge >= 0.3 is 0 Å². The summed E-state index contributed by atoms with van der Waals surface area (Å²) in [5.41, 5.74) is 4.96. The van der Waals surface area contributed by atoms with Gasteiger partial charge in [0.2, 0.25) is 5.91 Å². The Morgan fingerprint density at radius 1 is 1.00 bits per heavy atom. The zero-order chi connectivity index (χ0) is 14.9. The quantitative estimate of drug-likeness (QED) is 0.630. The molecule has 0 aromatic heterocycles. The number of allylic oxidation sites excluding steroid dienone is 1. The van der Waals surface area contributed by atoms with Gasteiger partial charge in [-0.15, -0.1) is 0 Å². The second-order valence-corrected chi connectivity index (χ2v) is 4.88. The second kappa shape index (κ2) is 8.02. The summed E-state index contributed by atoms with van der Waals surface area (Å²) in [5, 5.41) is 8.48. The maximum absolute atomic E-state index is 11.0. The third kappa shape index (κ3) is 5.24. The lowest BCUT2D eigenvalue weighted by molar-refractivity contribution is -0.128. The van der Waals surface area contributed by atoms with Crippen molar-refractivity contribution >= 4 is 12.0 Å². The molecule has 2 aromatic carbocycles. The second-order valence-electron chi connectivity index (χ2n) is 4.88. The molecule has 0 unspecified atom stereocenters. The summed E-state index contributed by atoms with van der Waals surface area (Å²) in [6, 6.07) is 18.1. The van der Waals surface area contributed by atoms with Gasteiger partial charge in [0.25, 0.3) is 0 Å². The Kier molecular flexibility index (Phi) is 5.73. The highest BCUT2D eigenvalue weighted by atomic mass is 16.5. The first kappa shape index (κ1) is 15.0. The highest BCUT2D eigenvalue weighted by Crippen LogP contribution is 2.09. The normalized spacial score (nSPS) is 10.7. The molecule has 0 saturated heterocycles. The van der Waals surface area contributed by atoms with E-state index in [2.05, 4.69) is 36.4 Å². The van der Waals surface area contributed by atoms with Gasteiger partial charge in [-0.1, -0.05) is 66.7 Å². The minimum Gasteiger partial charge on any atom is -0.289 e. The Balaban J connectivity index is 1.82. The molecule has 108 valence electrons. The topological polar surface area (TPSA) is 49.3 Å². The van der Waals surface area contributed by atoms with Gasteiger partial charge in [-0.25, -0.2) is 5.48 Å². The fourth-order valence-electron chi connectivity index (χ4n) is 2.09. The minimum absolute atomic E-state index is 0.189. The first-order valence-electron chi connectivity index (χ1n) is 7.00. The van der Waals surface area contributed by atoms with Crippen molar-refractivity contribution in [1.82, 2.24) is 5.48 Å². The summed E-state index contributed by atoms with van der Waals surface area (Å²) in [4.78, 5) is 11.0. The molecule has 0 aliphatic carbocycles. The number of carbonyl (C=O) groups excluding carboxylic acids is 1. The molecule has 0 radical (unpaired) electrons. The lowest BCUT2D eigenvalue weighted by Gasteiger charge is -2.00. The Labute approximate surface area is 124 Å². The number of benzene rings is 2. The predicted molar refractivity (Wildman–Crippen MR) is 83.9 cm³/mol. The summed E-state index contributed by atoms with van der Waals surface area (Å²) >= 11 is 0. The SMILES string of the molecule is O=C(Cc1ccc(/C=C/CCc2ccccc2)cc1)NO. The summed E-state index contributed by atoms with van der Waals surface area (Å²) < 4.78 is 0. The third-order valence-corrected chi connectivity index (χ3v) is 3.22. The van der Waals surface area contributed by atoms with Crippen LogP contribution >= 0.6 is 0 Å². The van der Waals surface area contributed by atoms with E-state index >= 15 is 0 Å². The average Bonchev–Trinajstić information content (AvgIpc) is 2.54. The maximum atomic E-state index is 11.0. The molecule has 2 rings (SSSR count). The van der Waals surface area contributed by atoms with Crippen molar-refractivity contribution < 1.29 is 10.0 Å². The van der Waals surface area contributed by atoms with E-state index in [0.29, 0.717) is 0 Å². The fraction of sp³-hybridized carbons (Fsp3) is 0.167. The Morgan fingerprint density at radius 2 is 1.71 bits per heavy atom. The predicted octanol–water partition coefficient (Wildman–Crippen LogP) is 3.38. The molecule has 0 aliphatic heterocycles. The van der Waals surface area contributed by atoms with Crippen LogP contribution in [-0.2, 0) is 17.6 Å². The molecule has 21 heavy (non-hydrogen) atoms. The van der Waals surface area contributed by atoms with Crippen LogP contribution in [-0.4, -0.2) is 11.1 Å². The van der Waals surface area contributed by atoms with E-state index in [4.69, 9.17) is 5.21 Å². The number of hydrogen-bond donors (Lipinski definition) is 2. The standard InChI is InChI=1S/C18H19NO2/c20-18(19-21)14-17-12-10-16(11-13-17)9-5-4-8-15-6-2-1-3-7-15/h1-3,5-7,9-13,21H,4,8,14H2,(H,19,20)/b9-5+. The molecule has 0 aliphatic rings. The van der Waals surface area contributed by atoms with Gasteiger partial charge in [0.1, 0.15) is 0 Å². The van der Waals surface area contributed by atoms with Crippen molar-refractivity contribution in [1.29, 1.82) is 0 Å². The van der Waals surface area contributed by atoms with E-state index < -0.39 is 5.91 Å². The molecule has 0 spiro atoms. The number of amides is 1. The highest BCUT2D eigenvalue weighted by molar-refractivity contribution is 5.77. The first-order valence-corrected chi connectivity index (χ1v) is 7.00. The van der Waals surface area contributed by atoms with Gasteiger partial charge < -0.3 is 0 Å². The van der Waals surface area contributed by atoms with Gasteiger partial charge in [-0.2, -0.15) is 0 Å². The summed E-state index contributed by atoms with van der Waals surface area (Å²) in [5.74, 6) is -0.402. The molecular weight excluding hydrogens is 262 g/mol. The molecule has 1 amide bonds. The van der Waals surface area contributed by atoms with Crippen LogP contribution in [0.1, 0.15) is 23.1 Å². The Morgan fingerprint density at radius 3 is 2.38 bits per heavy atom. The molecule has 3 nitrogen and oxygen atoms in total. The Hall–Kier alpha value is -2.39. The van der Waals surface area contributed by atoms with E-state index in [1.807, 2.05) is 30.3 Å². The lowest BCUT2D eigenvalue weighted by atomic mass is 10.1. The van der Waals surface area contributed by atoms with Crippen LogP contribution in [0.2, 0.25) is 0 Å². The zero-order valence-corrected chi connectivity index (χ0v) is 11.8. The van der Waals surface area contributed by atoms with Crippen molar-refractivity contribution in [2.24, 2.45) is 0 Å². The summed E-state index contributed by atoms with van der Waals surface area (Å²) in [6.45, 7) is 0. The average molecular weight is 281 g/mol. The molecule has 3 heteroatoms. The molecule has 0 saturated carbocycles. The van der Waals surface area contributed by atoms with Gasteiger partial charge in [0.05, 0.1) is 6.42 Å². The number of carbonyl (C=O) groups is 1. The Bertz CT molecular complexity index is 588. The van der Waals surface area contributed by atoms with Crippen LogP contribution in [0, 0.1) is 0 Å². The largest absolute Gasteiger partial charge is 0.289 e. The van der Waals surface area contributed by atoms with E-state index in [1.54, 1.807) is 5.48 Å². The van der Waals surface area contributed by atoms with E-state index in [-0.39, 0.29) is 6.42 Å².